The van der Waals surface area contributed by atoms with Crippen molar-refractivity contribution in [2.75, 3.05) is 6.54 Å². The number of hydrogen-bond acceptors (Lipinski definition) is 3. The number of para-hydroxylation sites is 1. The summed E-state index contributed by atoms with van der Waals surface area (Å²) in [5.74, 6) is 0.275. The van der Waals surface area contributed by atoms with Crippen molar-refractivity contribution in [2.24, 2.45) is 0 Å². The van der Waals surface area contributed by atoms with E-state index in [0.29, 0.717) is 34.4 Å². The molecule has 0 aliphatic rings. The lowest BCUT2D eigenvalue weighted by Crippen LogP contribution is -2.24. The van der Waals surface area contributed by atoms with Crippen molar-refractivity contribution < 1.29 is 9.21 Å². The molecule has 0 bridgehead atoms. The minimum atomic E-state index is -0.228. The van der Waals surface area contributed by atoms with Gasteiger partial charge in [0, 0.05) is 17.7 Å². The van der Waals surface area contributed by atoms with E-state index >= 15 is 0 Å². The number of fused-ring (bicyclic) bond motifs is 1. The minimum absolute atomic E-state index is 0.111. The van der Waals surface area contributed by atoms with E-state index in [1.54, 1.807) is 25.1 Å². The van der Waals surface area contributed by atoms with Gasteiger partial charge < -0.3 is 9.73 Å². The molecule has 3 aromatic rings. The van der Waals surface area contributed by atoms with E-state index in [2.05, 4.69) is 5.32 Å². The highest BCUT2D eigenvalue weighted by Crippen LogP contribution is 2.27. The van der Waals surface area contributed by atoms with Crippen LogP contribution in [0.1, 0.15) is 29.3 Å². The van der Waals surface area contributed by atoms with Crippen molar-refractivity contribution in [1.82, 2.24) is 5.32 Å². The first-order valence-corrected chi connectivity index (χ1v) is 8.03. The maximum absolute atomic E-state index is 12.7. The Kier molecular flexibility index (Phi) is 4.47. The van der Waals surface area contributed by atoms with Gasteiger partial charge in [-0.15, -0.1) is 0 Å². The van der Waals surface area contributed by atoms with Crippen molar-refractivity contribution in [3.8, 4) is 11.3 Å². The molecule has 0 unspecified atom stereocenters. The van der Waals surface area contributed by atoms with Gasteiger partial charge in [0.1, 0.15) is 5.76 Å². The predicted octanol–water partition coefficient (Wildman–Crippen LogP) is 3.91. The molecule has 122 valence electrons. The van der Waals surface area contributed by atoms with Gasteiger partial charge in [0.25, 0.3) is 5.91 Å². The number of hydrogen-bond donors (Lipinski definition) is 1. The predicted molar refractivity (Wildman–Crippen MR) is 95.3 cm³/mol. The maximum atomic E-state index is 12.7. The molecular weight excluding hydrogens is 302 g/mol. The van der Waals surface area contributed by atoms with Gasteiger partial charge in [0.05, 0.1) is 10.9 Å². The zero-order valence-electron chi connectivity index (χ0n) is 13.8. The van der Waals surface area contributed by atoms with Crippen LogP contribution in [0.3, 0.4) is 0 Å². The van der Waals surface area contributed by atoms with Crippen LogP contribution in [0.4, 0.5) is 0 Å². The summed E-state index contributed by atoms with van der Waals surface area (Å²) in [4.78, 5) is 25.1. The van der Waals surface area contributed by atoms with E-state index in [9.17, 15) is 9.59 Å². The highest BCUT2D eigenvalue weighted by molar-refractivity contribution is 6.05. The topological polar surface area (TPSA) is 59.3 Å². The first-order valence-electron chi connectivity index (χ1n) is 8.03. The fourth-order valence-electron chi connectivity index (χ4n) is 2.69. The van der Waals surface area contributed by atoms with E-state index in [1.165, 1.54) is 0 Å². The quantitative estimate of drug-likeness (QED) is 0.792. The van der Waals surface area contributed by atoms with Crippen molar-refractivity contribution >= 4 is 16.9 Å². The molecule has 0 atom stereocenters. The fourth-order valence-corrected chi connectivity index (χ4v) is 2.69. The summed E-state index contributed by atoms with van der Waals surface area (Å²) in [5, 5.41) is 3.26. The van der Waals surface area contributed by atoms with Gasteiger partial charge in [-0.3, -0.25) is 9.59 Å². The van der Waals surface area contributed by atoms with Gasteiger partial charge in [-0.1, -0.05) is 43.3 Å². The van der Waals surface area contributed by atoms with Crippen LogP contribution in [0.25, 0.3) is 22.3 Å². The third-order valence-electron chi connectivity index (χ3n) is 3.96. The summed E-state index contributed by atoms with van der Waals surface area (Å²) in [6, 6.07) is 14.5. The molecule has 0 aliphatic heterocycles. The zero-order chi connectivity index (χ0) is 17.1. The summed E-state index contributed by atoms with van der Waals surface area (Å²) < 4.78 is 6.03. The molecule has 2 aromatic carbocycles. The van der Waals surface area contributed by atoms with Gasteiger partial charge in [-0.2, -0.15) is 0 Å². The normalized spacial score (nSPS) is 10.8. The van der Waals surface area contributed by atoms with Crippen LogP contribution in [0.2, 0.25) is 0 Å². The second-order valence-corrected chi connectivity index (χ2v) is 5.69. The maximum Gasteiger partial charge on any atom is 0.255 e. The lowest BCUT2D eigenvalue weighted by molar-refractivity contribution is 0.0954. The summed E-state index contributed by atoms with van der Waals surface area (Å²) in [5.41, 5.74) is 1.97. The third kappa shape index (κ3) is 2.83. The van der Waals surface area contributed by atoms with Crippen LogP contribution in [-0.4, -0.2) is 12.5 Å². The van der Waals surface area contributed by atoms with Crippen molar-refractivity contribution in [3.63, 3.8) is 0 Å². The molecule has 1 N–H and O–H groups in total. The van der Waals surface area contributed by atoms with Gasteiger partial charge in [-0.05, 0) is 25.5 Å². The second-order valence-electron chi connectivity index (χ2n) is 5.69. The first-order chi connectivity index (χ1) is 11.6. The molecule has 0 saturated heterocycles. The van der Waals surface area contributed by atoms with Crippen LogP contribution in [-0.2, 0) is 0 Å². The molecule has 4 nitrogen and oxygen atoms in total. The molecule has 1 aromatic heterocycles. The number of nitrogens with one attached hydrogen (secondary N) is 1. The Morgan fingerprint density at radius 1 is 1.08 bits per heavy atom. The number of amides is 1. The molecule has 24 heavy (non-hydrogen) atoms. The molecule has 0 spiro atoms. The Balaban J connectivity index is 2.25. The average molecular weight is 321 g/mol. The molecule has 0 aliphatic carbocycles. The van der Waals surface area contributed by atoms with E-state index in [-0.39, 0.29) is 11.3 Å². The van der Waals surface area contributed by atoms with E-state index in [1.807, 2.05) is 37.3 Å². The average Bonchev–Trinajstić information content (AvgIpc) is 2.63. The highest BCUT2D eigenvalue weighted by atomic mass is 16.3. The lowest BCUT2D eigenvalue weighted by atomic mass is 10.0. The fraction of sp³-hybridized carbons (Fsp3) is 0.200. The Morgan fingerprint density at radius 3 is 2.54 bits per heavy atom. The first kappa shape index (κ1) is 16.0. The SMILES string of the molecule is CCCNC(=O)c1cccc2c(=O)c(C)c(-c3ccccc3)oc12. The van der Waals surface area contributed by atoms with Crippen LogP contribution < -0.4 is 10.7 Å². The van der Waals surface area contributed by atoms with E-state index < -0.39 is 0 Å². The second kappa shape index (κ2) is 6.71. The lowest BCUT2D eigenvalue weighted by Gasteiger charge is -2.10. The summed E-state index contributed by atoms with van der Waals surface area (Å²) in [6.07, 6.45) is 0.842. The Bertz CT molecular complexity index is 942. The summed E-state index contributed by atoms with van der Waals surface area (Å²) >= 11 is 0. The standard InChI is InChI=1S/C20H19NO3/c1-3-12-21-20(23)16-11-7-10-15-17(22)13(2)18(24-19(15)16)14-8-5-4-6-9-14/h4-11H,3,12H2,1-2H3,(H,21,23). The van der Waals surface area contributed by atoms with Crippen molar-refractivity contribution in [1.29, 1.82) is 0 Å². The molecule has 4 heteroatoms. The molecular formula is C20H19NO3. The van der Waals surface area contributed by atoms with Crippen LogP contribution in [0.5, 0.6) is 0 Å². The molecule has 3 rings (SSSR count). The highest BCUT2D eigenvalue weighted by Gasteiger charge is 2.17. The van der Waals surface area contributed by atoms with E-state index in [4.69, 9.17) is 4.42 Å². The van der Waals surface area contributed by atoms with Gasteiger partial charge in [0.15, 0.2) is 11.0 Å². The monoisotopic (exact) mass is 321 g/mol. The van der Waals surface area contributed by atoms with Crippen LogP contribution >= 0.6 is 0 Å². The van der Waals surface area contributed by atoms with Crippen LogP contribution in [0, 0.1) is 6.92 Å². The van der Waals surface area contributed by atoms with Crippen molar-refractivity contribution in [3.05, 3.63) is 69.9 Å². The summed E-state index contributed by atoms with van der Waals surface area (Å²) in [7, 11) is 0. The van der Waals surface area contributed by atoms with Gasteiger partial charge in [0.2, 0.25) is 0 Å². The van der Waals surface area contributed by atoms with Gasteiger partial charge >= 0.3 is 0 Å². The van der Waals surface area contributed by atoms with Crippen molar-refractivity contribution in [2.45, 2.75) is 20.3 Å². The Morgan fingerprint density at radius 2 is 1.83 bits per heavy atom. The number of carbonyl (C=O) groups excluding carboxylic acids is 1. The number of carbonyl (C=O) groups is 1. The summed E-state index contributed by atoms with van der Waals surface area (Å²) in [6.45, 7) is 4.31. The number of rotatable bonds is 4. The molecule has 0 fully saturated rings. The third-order valence-corrected chi connectivity index (χ3v) is 3.96. The zero-order valence-corrected chi connectivity index (χ0v) is 13.8. The smallest absolute Gasteiger partial charge is 0.255 e. The Hall–Kier alpha value is -2.88. The van der Waals surface area contributed by atoms with E-state index in [0.717, 1.165) is 12.0 Å². The van der Waals surface area contributed by atoms with Gasteiger partial charge in [-0.25, -0.2) is 0 Å². The molecule has 1 heterocycles. The Labute approximate surface area is 140 Å². The molecule has 0 radical (unpaired) electrons. The number of benzene rings is 2. The minimum Gasteiger partial charge on any atom is -0.455 e. The largest absolute Gasteiger partial charge is 0.455 e. The van der Waals surface area contributed by atoms with Crippen LogP contribution in [0.15, 0.2) is 57.7 Å². The molecule has 0 saturated carbocycles. The molecule has 1 amide bonds.